The Hall–Kier alpha value is -0.640. The minimum atomic E-state index is -0.164. The van der Waals surface area contributed by atoms with Gasteiger partial charge in [-0.25, -0.2) is 4.39 Å². The van der Waals surface area contributed by atoms with E-state index >= 15 is 0 Å². The Morgan fingerprint density at radius 2 is 2.26 bits per heavy atom. The van der Waals surface area contributed by atoms with Crippen LogP contribution in [0.15, 0.2) is 18.2 Å². The minimum absolute atomic E-state index is 0.164. The van der Waals surface area contributed by atoms with Crippen LogP contribution >= 0.6 is 11.6 Å². The average molecular weight is 285 g/mol. The summed E-state index contributed by atoms with van der Waals surface area (Å²) in [5.74, 6) is 0.424. The van der Waals surface area contributed by atoms with E-state index in [0.29, 0.717) is 29.1 Å². The van der Waals surface area contributed by atoms with Gasteiger partial charge in [-0.15, -0.1) is 0 Å². The van der Waals surface area contributed by atoms with E-state index in [4.69, 9.17) is 11.6 Å². The van der Waals surface area contributed by atoms with Crippen LogP contribution in [-0.4, -0.2) is 30.6 Å². The van der Waals surface area contributed by atoms with Crippen LogP contribution < -0.4 is 5.32 Å². The molecule has 0 aliphatic carbocycles. The summed E-state index contributed by atoms with van der Waals surface area (Å²) >= 11 is 5.95. The molecule has 0 bridgehead atoms. The molecular formula is C15H22ClFN2. The van der Waals surface area contributed by atoms with Gasteiger partial charge in [-0.2, -0.15) is 0 Å². The Morgan fingerprint density at radius 1 is 1.47 bits per heavy atom. The molecule has 1 aliphatic heterocycles. The molecule has 1 fully saturated rings. The van der Waals surface area contributed by atoms with E-state index in [1.807, 2.05) is 0 Å². The number of benzene rings is 1. The summed E-state index contributed by atoms with van der Waals surface area (Å²) in [5.41, 5.74) is 0.692. The lowest BCUT2D eigenvalue weighted by Crippen LogP contribution is -2.41. The SMILES string of the molecule is CC(C)C1CN(Cc2cc(Cl)ccc2F)CCCN1. The summed E-state index contributed by atoms with van der Waals surface area (Å²) < 4.78 is 13.8. The highest BCUT2D eigenvalue weighted by atomic mass is 35.5. The van der Waals surface area contributed by atoms with Gasteiger partial charge in [0.25, 0.3) is 0 Å². The molecule has 1 saturated heterocycles. The van der Waals surface area contributed by atoms with E-state index in [1.54, 1.807) is 12.1 Å². The van der Waals surface area contributed by atoms with Crippen molar-refractivity contribution >= 4 is 11.6 Å². The predicted octanol–water partition coefficient (Wildman–Crippen LogP) is 3.30. The molecule has 1 aromatic carbocycles. The van der Waals surface area contributed by atoms with Gasteiger partial charge in [0.2, 0.25) is 0 Å². The monoisotopic (exact) mass is 284 g/mol. The van der Waals surface area contributed by atoms with E-state index in [1.165, 1.54) is 6.07 Å². The fraction of sp³-hybridized carbons (Fsp3) is 0.600. The highest BCUT2D eigenvalue weighted by Gasteiger charge is 2.20. The van der Waals surface area contributed by atoms with Crippen molar-refractivity contribution in [2.75, 3.05) is 19.6 Å². The van der Waals surface area contributed by atoms with Gasteiger partial charge in [-0.3, -0.25) is 4.90 Å². The van der Waals surface area contributed by atoms with Gasteiger partial charge in [-0.05, 0) is 43.6 Å². The standard InChI is InChI=1S/C15H22ClFN2/c1-11(2)15-10-19(7-3-6-18-15)9-12-8-13(16)4-5-14(12)17/h4-5,8,11,15,18H,3,6-7,9-10H2,1-2H3. The highest BCUT2D eigenvalue weighted by Crippen LogP contribution is 2.18. The zero-order valence-electron chi connectivity index (χ0n) is 11.6. The van der Waals surface area contributed by atoms with Gasteiger partial charge >= 0.3 is 0 Å². The first-order chi connectivity index (χ1) is 9.06. The molecule has 0 aromatic heterocycles. The highest BCUT2D eigenvalue weighted by molar-refractivity contribution is 6.30. The van der Waals surface area contributed by atoms with Crippen molar-refractivity contribution in [3.8, 4) is 0 Å². The summed E-state index contributed by atoms with van der Waals surface area (Å²) in [7, 11) is 0. The Bertz CT molecular complexity index is 423. The molecule has 1 aromatic rings. The number of nitrogens with zero attached hydrogens (tertiary/aromatic N) is 1. The number of hydrogen-bond acceptors (Lipinski definition) is 2. The molecule has 2 nitrogen and oxygen atoms in total. The normalized spacial score (nSPS) is 21.6. The van der Waals surface area contributed by atoms with Gasteiger partial charge in [0, 0.05) is 29.7 Å². The molecule has 1 unspecified atom stereocenters. The molecule has 4 heteroatoms. The largest absolute Gasteiger partial charge is 0.312 e. The van der Waals surface area contributed by atoms with Gasteiger partial charge in [0.15, 0.2) is 0 Å². The maximum absolute atomic E-state index is 13.8. The zero-order valence-corrected chi connectivity index (χ0v) is 12.4. The molecule has 1 N–H and O–H groups in total. The van der Waals surface area contributed by atoms with Crippen LogP contribution in [0.25, 0.3) is 0 Å². The number of rotatable bonds is 3. The summed E-state index contributed by atoms with van der Waals surface area (Å²) in [6.45, 7) is 8.09. The molecular weight excluding hydrogens is 263 g/mol. The Morgan fingerprint density at radius 3 is 3.00 bits per heavy atom. The van der Waals surface area contributed by atoms with Crippen molar-refractivity contribution in [3.05, 3.63) is 34.6 Å². The summed E-state index contributed by atoms with van der Waals surface area (Å²) in [6.07, 6.45) is 1.10. The molecule has 1 aliphatic rings. The van der Waals surface area contributed by atoms with Crippen molar-refractivity contribution in [2.45, 2.75) is 32.9 Å². The lowest BCUT2D eigenvalue weighted by atomic mass is 10.0. The second-order valence-electron chi connectivity index (χ2n) is 5.63. The van der Waals surface area contributed by atoms with Crippen molar-refractivity contribution in [1.29, 1.82) is 0 Å². The first kappa shape index (κ1) is 14.8. The van der Waals surface area contributed by atoms with E-state index in [0.717, 1.165) is 26.1 Å². The number of nitrogens with one attached hydrogen (secondary N) is 1. The van der Waals surface area contributed by atoms with Gasteiger partial charge < -0.3 is 5.32 Å². The molecule has 19 heavy (non-hydrogen) atoms. The maximum Gasteiger partial charge on any atom is 0.127 e. The molecule has 1 atom stereocenters. The molecule has 106 valence electrons. The average Bonchev–Trinajstić information content (AvgIpc) is 2.59. The molecule has 0 spiro atoms. The molecule has 2 rings (SSSR count). The molecule has 0 radical (unpaired) electrons. The topological polar surface area (TPSA) is 15.3 Å². The van der Waals surface area contributed by atoms with Crippen LogP contribution in [0, 0.1) is 11.7 Å². The second kappa shape index (κ2) is 6.69. The lowest BCUT2D eigenvalue weighted by Gasteiger charge is -2.27. The zero-order chi connectivity index (χ0) is 13.8. The van der Waals surface area contributed by atoms with Crippen molar-refractivity contribution < 1.29 is 4.39 Å². The minimum Gasteiger partial charge on any atom is -0.312 e. The van der Waals surface area contributed by atoms with Crippen molar-refractivity contribution in [2.24, 2.45) is 5.92 Å². The summed E-state index contributed by atoms with van der Waals surface area (Å²) in [4.78, 5) is 2.32. The van der Waals surface area contributed by atoms with Crippen LogP contribution in [0.1, 0.15) is 25.8 Å². The second-order valence-corrected chi connectivity index (χ2v) is 6.07. The summed E-state index contributed by atoms with van der Waals surface area (Å²) in [6, 6.07) is 5.26. The van der Waals surface area contributed by atoms with Crippen LogP contribution in [0.4, 0.5) is 4.39 Å². The van der Waals surface area contributed by atoms with Gasteiger partial charge in [0.05, 0.1) is 0 Å². The lowest BCUT2D eigenvalue weighted by molar-refractivity contribution is 0.236. The van der Waals surface area contributed by atoms with Crippen LogP contribution in [-0.2, 0) is 6.54 Å². The van der Waals surface area contributed by atoms with E-state index in [2.05, 4.69) is 24.1 Å². The number of halogens is 2. The molecule has 1 heterocycles. The fourth-order valence-electron chi connectivity index (χ4n) is 2.52. The van der Waals surface area contributed by atoms with E-state index in [-0.39, 0.29) is 5.82 Å². The Balaban J connectivity index is 2.06. The van der Waals surface area contributed by atoms with Crippen LogP contribution in [0.5, 0.6) is 0 Å². The smallest absolute Gasteiger partial charge is 0.127 e. The third-order valence-corrected chi connectivity index (χ3v) is 3.95. The molecule has 0 amide bonds. The van der Waals surface area contributed by atoms with Gasteiger partial charge in [0.1, 0.15) is 5.82 Å². The van der Waals surface area contributed by atoms with E-state index in [9.17, 15) is 4.39 Å². The Kier molecular flexibility index (Phi) is 5.20. The quantitative estimate of drug-likeness (QED) is 0.916. The first-order valence-corrected chi connectivity index (χ1v) is 7.33. The summed E-state index contributed by atoms with van der Waals surface area (Å²) in [5, 5.41) is 4.16. The fourth-order valence-corrected chi connectivity index (χ4v) is 2.71. The third kappa shape index (κ3) is 4.16. The Labute approximate surface area is 119 Å². The predicted molar refractivity (Wildman–Crippen MR) is 77.9 cm³/mol. The maximum atomic E-state index is 13.8. The van der Waals surface area contributed by atoms with Gasteiger partial charge in [-0.1, -0.05) is 25.4 Å². The van der Waals surface area contributed by atoms with Crippen LogP contribution in [0.2, 0.25) is 5.02 Å². The molecule has 0 saturated carbocycles. The number of hydrogen-bond donors (Lipinski definition) is 1. The van der Waals surface area contributed by atoms with Crippen LogP contribution in [0.3, 0.4) is 0 Å². The first-order valence-electron chi connectivity index (χ1n) is 6.96. The van der Waals surface area contributed by atoms with Crippen molar-refractivity contribution in [1.82, 2.24) is 10.2 Å². The third-order valence-electron chi connectivity index (χ3n) is 3.72. The van der Waals surface area contributed by atoms with Crippen molar-refractivity contribution in [3.63, 3.8) is 0 Å². The van der Waals surface area contributed by atoms with E-state index < -0.39 is 0 Å².